The first-order chi connectivity index (χ1) is 15.6. The molecule has 4 N–H and O–H groups in total. The monoisotopic (exact) mass is 474 g/mol. The Morgan fingerprint density at radius 3 is 2.48 bits per heavy atom. The van der Waals surface area contributed by atoms with Gasteiger partial charge in [-0.3, -0.25) is 14.5 Å². The number of unbranched alkanes of at least 4 members (excludes halogenated alkanes) is 1. The smallest absolute Gasteiger partial charge is 0.325 e. The molecule has 4 amide bonds. The standard InChI is InChI=1S/C22H26N4O6S/c1-3-4-12-22(15-8-6-5-7-9-15)20(28)26(21(29)25-22)14-19(27)24-16-10-11-17(32-2)18(13-16)33(23,30)31/h5-11,13H,3-4,12,14H2,1-2H3,(H,24,27)(H,25,29)(H2,23,30,31). The summed E-state index contributed by atoms with van der Waals surface area (Å²) in [7, 11) is -2.81. The maximum Gasteiger partial charge on any atom is 0.325 e. The number of rotatable bonds is 9. The van der Waals surface area contributed by atoms with Gasteiger partial charge in [0, 0.05) is 5.69 Å². The van der Waals surface area contributed by atoms with Crippen LogP contribution in [0.3, 0.4) is 0 Å². The zero-order chi connectivity index (χ0) is 24.2. The Balaban J connectivity index is 1.82. The van der Waals surface area contributed by atoms with Gasteiger partial charge >= 0.3 is 6.03 Å². The molecule has 0 saturated carbocycles. The van der Waals surface area contributed by atoms with Crippen LogP contribution in [0.5, 0.6) is 5.75 Å². The van der Waals surface area contributed by atoms with Crippen molar-refractivity contribution >= 4 is 33.6 Å². The van der Waals surface area contributed by atoms with Crippen LogP contribution in [0, 0.1) is 0 Å². The van der Waals surface area contributed by atoms with E-state index in [-0.39, 0.29) is 16.3 Å². The predicted octanol–water partition coefficient (Wildman–Crippen LogP) is 1.92. The second-order valence-electron chi connectivity index (χ2n) is 7.66. The minimum Gasteiger partial charge on any atom is -0.495 e. The lowest BCUT2D eigenvalue weighted by Gasteiger charge is -2.27. The summed E-state index contributed by atoms with van der Waals surface area (Å²) in [6.45, 7) is 1.44. The number of amides is 4. The molecule has 176 valence electrons. The lowest BCUT2D eigenvalue weighted by Crippen LogP contribution is -2.44. The van der Waals surface area contributed by atoms with Crippen LogP contribution in [0.15, 0.2) is 53.4 Å². The number of hydrogen-bond donors (Lipinski definition) is 3. The Morgan fingerprint density at radius 1 is 1.18 bits per heavy atom. The number of imide groups is 1. The fourth-order valence-electron chi connectivity index (χ4n) is 3.76. The first-order valence-corrected chi connectivity index (χ1v) is 11.9. The van der Waals surface area contributed by atoms with Crippen LogP contribution < -0.4 is 20.5 Å². The van der Waals surface area contributed by atoms with Gasteiger partial charge < -0.3 is 15.4 Å². The number of methoxy groups -OCH3 is 1. The molecule has 1 aliphatic rings. The van der Waals surface area contributed by atoms with Crippen LogP contribution in [0.25, 0.3) is 0 Å². The molecule has 0 spiro atoms. The fourth-order valence-corrected chi connectivity index (χ4v) is 4.49. The molecular weight excluding hydrogens is 448 g/mol. The summed E-state index contributed by atoms with van der Waals surface area (Å²) in [6, 6.07) is 12.2. The van der Waals surface area contributed by atoms with Crippen molar-refractivity contribution in [3.63, 3.8) is 0 Å². The minimum absolute atomic E-state index is 0.0215. The van der Waals surface area contributed by atoms with Gasteiger partial charge in [0.15, 0.2) is 0 Å². The van der Waals surface area contributed by atoms with Gasteiger partial charge in [-0.1, -0.05) is 50.1 Å². The SMILES string of the molecule is CCCCC1(c2ccccc2)NC(=O)N(CC(=O)Nc2ccc(OC)c(S(N)(=O)=O)c2)C1=O. The van der Waals surface area contributed by atoms with E-state index in [1.54, 1.807) is 24.3 Å². The van der Waals surface area contributed by atoms with Crippen LogP contribution in [0.1, 0.15) is 31.7 Å². The molecular formula is C22H26N4O6S. The number of anilines is 1. The Morgan fingerprint density at radius 2 is 1.88 bits per heavy atom. The van der Waals surface area contributed by atoms with Gasteiger partial charge in [0.2, 0.25) is 15.9 Å². The lowest BCUT2D eigenvalue weighted by atomic mass is 9.85. The van der Waals surface area contributed by atoms with Gasteiger partial charge in [-0.25, -0.2) is 18.4 Å². The number of nitrogens with zero attached hydrogens (tertiary/aromatic N) is 1. The summed E-state index contributed by atoms with van der Waals surface area (Å²) >= 11 is 0. The Labute approximate surface area is 192 Å². The highest BCUT2D eigenvalue weighted by Crippen LogP contribution is 2.34. The molecule has 1 fully saturated rings. The third-order valence-electron chi connectivity index (χ3n) is 5.40. The van der Waals surface area contributed by atoms with Gasteiger partial charge in [0.05, 0.1) is 7.11 Å². The summed E-state index contributed by atoms with van der Waals surface area (Å²) in [5.41, 5.74) is -0.472. The van der Waals surface area contributed by atoms with E-state index >= 15 is 0 Å². The number of nitrogens with two attached hydrogens (primary N) is 1. The third kappa shape index (κ3) is 4.99. The molecule has 0 aromatic heterocycles. The molecule has 2 aromatic carbocycles. The highest BCUT2D eigenvalue weighted by atomic mass is 32.2. The number of primary sulfonamides is 1. The second-order valence-corrected chi connectivity index (χ2v) is 9.19. The van der Waals surface area contributed by atoms with E-state index < -0.39 is 40.0 Å². The van der Waals surface area contributed by atoms with Gasteiger partial charge in [-0.2, -0.15) is 0 Å². The quantitative estimate of drug-likeness (QED) is 0.473. The summed E-state index contributed by atoms with van der Waals surface area (Å²) < 4.78 is 28.6. The molecule has 1 heterocycles. The Hall–Kier alpha value is -3.44. The number of ether oxygens (including phenoxy) is 1. The van der Waals surface area contributed by atoms with E-state index in [1.807, 2.05) is 13.0 Å². The van der Waals surface area contributed by atoms with Crippen LogP contribution in [0.4, 0.5) is 10.5 Å². The number of urea groups is 1. The molecule has 10 nitrogen and oxygen atoms in total. The highest BCUT2D eigenvalue weighted by Gasteiger charge is 2.52. The molecule has 0 bridgehead atoms. The number of benzene rings is 2. The van der Waals surface area contributed by atoms with Crippen molar-refractivity contribution in [2.45, 2.75) is 36.6 Å². The maximum atomic E-state index is 13.4. The fraction of sp³-hybridized carbons (Fsp3) is 0.318. The zero-order valence-corrected chi connectivity index (χ0v) is 19.1. The summed E-state index contributed by atoms with van der Waals surface area (Å²) in [5, 5.41) is 10.5. The molecule has 0 radical (unpaired) electrons. The molecule has 1 aliphatic heterocycles. The molecule has 0 aliphatic carbocycles. The van der Waals surface area contributed by atoms with E-state index in [1.165, 1.54) is 19.2 Å². The maximum absolute atomic E-state index is 13.4. The predicted molar refractivity (Wildman–Crippen MR) is 121 cm³/mol. The molecule has 1 atom stereocenters. The number of hydrogen-bond acceptors (Lipinski definition) is 6. The van der Waals surface area contributed by atoms with E-state index in [9.17, 15) is 22.8 Å². The van der Waals surface area contributed by atoms with Crippen LogP contribution >= 0.6 is 0 Å². The summed E-state index contributed by atoms with van der Waals surface area (Å²) in [6.07, 6.45) is 1.91. The van der Waals surface area contributed by atoms with Gasteiger partial charge in [0.1, 0.15) is 22.7 Å². The van der Waals surface area contributed by atoms with E-state index in [0.717, 1.165) is 17.4 Å². The number of carbonyl (C=O) groups excluding carboxylic acids is 3. The van der Waals surface area contributed by atoms with Crippen molar-refractivity contribution in [1.29, 1.82) is 0 Å². The summed E-state index contributed by atoms with van der Waals surface area (Å²) in [5.74, 6) is -1.17. The van der Waals surface area contributed by atoms with Crippen molar-refractivity contribution in [2.24, 2.45) is 5.14 Å². The van der Waals surface area contributed by atoms with E-state index in [2.05, 4.69) is 10.6 Å². The molecule has 3 rings (SSSR count). The number of carbonyl (C=O) groups is 3. The largest absolute Gasteiger partial charge is 0.495 e. The lowest BCUT2D eigenvalue weighted by molar-refractivity contribution is -0.134. The molecule has 33 heavy (non-hydrogen) atoms. The number of nitrogens with one attached hydrogen (secondary N) is 2. The Bertz CT molecular complexity index is 1170. The van der Waals surface area contributed by atoms with Crippen molar-refractivity contribution in [1.82, 2.24) is 10.2 Å². The second kappa shape index (κ2) is 9.59. The number of sulfonamides is 1. The van der Waals surface area contributed by atoms with Crippen LogP contribution in [-0.4, -0.2) is 44.8 Å². The third-order valence-corrected chi connectivity index (χ3v) is 6.34. The first-order valence-electron chi connectivity index (χ1n) is 10.3. The highest BCUT2D eigenvalue weighted by molar-refractivity contribution is 7.89. The van der Waals surface area contributed by atoms with Gasteiger partial charge in [-0.15, -0.1) is 0 Å². The van der Waals surface area contributed by atoms with Gasteiger partial charge in [-0.05, 0) is 30.2 Å². The average Bonchev–Trinajstić information content (AvgIpc) is 3.02. The van der Waals surface area contributed by atoms with Crippen molar-refractivity contribution in [3.05, 3.63) is 54.1 Å². The average molecular weight is 475 g/mol. The zero-order valence-electron chi connectivity index (χ0n) is 18.3. The van der Waals surface area contributed by atoms with Crippen molar-refractivity contribution in [3.8, 4) is 5.75 Å². The molecule has 11 heteroatoms. The van der Waals surface area contributed by atoms with Gasteiger partial charge in [0.25, 0.3) is 5.91 Å². The van der Waals surface area contributed by atoms with E-state index in [0.29, 0.717) is 18.4 Å². The molecule has 1 unspecified atom stereocenters. The van der Waals surface area contributed by atoms with Crippen LogP contribution in [0.2, 0.25) is 0 Å². The van der Waals surface area contributed by atoms with Crippen molar-refractivity contribution < 1.29 is 27.5 Å². The Kier molecular flexibility index (Phi) is 7.04. The molecule has 2 aromatic rings. The topological polar surface area (TPSA) is 148 Å². The minimum atomic E-state index is -4.10. The van der Waals surface area contributed by atoms with Crippen molar-refractivity contribution in [2.75, 3.05) is 19.0 Å². The summed E-state index contributed by atoms with van der Waals surface area (Å²) in [4.78, 5) is 39.2. The molecule has 1 saturated heterocycles. The van der Waals surface area contributed by atoms with E-state index in [4.69, 9.17) is 9.88 Å². The first kappa shape index (κ1) is 24.2. The van der Waals surface area contributed by atoms with Crippen LogP contribution in [-0.2, 0) is 25.2 Å². The normalized spacial score (nSPS) is 18.2.